The highest BCUT2D eigenvalue weighted by molar-refractivity contribution is 5.81. The number of benzene rings is 1. The molecule has 0 fully saturated rings. The normalized spacial score (nSPS) is 12.4. The van der Waals surface area contributed by atoms with Gasteiger partial charge in [-0.15, -0.1) is 0 Å². The predicted molar refractivity (Wildman–Crippen MR) is 76.9 cm³/mol. The van der Waals surface area contributed by atoms with Crippen molar-refractivity contribution in [2.24, 2.45) is 0 Å². The first-order chi connectivity index (χ1) is 10.1. The van der Waals surface area contributed by atoms with Crippen LogP contribution in [0.25, 0.3) is 0 Å². The van der Waals surface area contributed by atoms with E-state index in [0.717, 1.165) is 19.2 Å². The zero-order valence-corrected chi connectivity index (χ0v) is 13.0. The summed E-state index contributed by atoms with van der Waals surface area (Å²) in [6.07, 6.45) is -0.936. The van der Waals surface area contributed by atoms with Crippen LogP contribution in [0.3, 0.4) is 0 Å². The van der Waals surface area contributed by atoms with Gasteiger partial charge < -0.3 is 19.9 Å². The van der Waals surface area contributed by atoms with Gasteiger partial charge in [0, 0.05) is 6.42 Å². The van der Waals surface area contributed by atoms with Crippen LogP contribution in [0.4, 0.5) is 9.18 Å². The number of nitrogens with one attached hydrogen (secondary N) is 1. The summed E-state index contributed by atoms with van der Waals surface area (Å²) in [7, 11) is 1.16. The Morgan fingerprint density at radius 3 is 2.55 bits per heavy atom. The van der Waals surface area contributed by atoms with Crippen LogP contribution in [0.15, 0.2) is 18.2 Å². The minimum Gasteiger partial charge on any atom is -0.508 e. The molecule has 0 bridgehead atoms. The van der Waals surface area contributed by atoms with Crippen LogP contribution in [0.5, 0.6) is 5.75 Å². The quantitative estimate of drug-likeness (QED) is 0.832. The van der Waals surface area contributed by atoms with Crippen molar-refractivity contribution in [3.8, 4) is 5.75 Å². The van der Waals surface area contributed by atoms with Crippen LogP contribution < -0.4 is 5.32 Å². The van der Waals surface area contributed by atoms with Crippen LogP contribution in [0.1, 0.15) is 26.3 Å². The molecule has 122 valence electrons. The van der Waals surface area contributed by atoms with Gasteiger partial charge in [-0.05, 0) is 44.5 Å². The lowest BCUT2D eigenvalue weighted by Crippen LogP contribution is -2.45. The van der Waals surface area contributed by atoms with E-state index >= 15 is 0 Å². The van der Waals surface area contributed by atoms with Crippen molar-refractivity contribution >= 4 is 12.1 Å². The average molecular weight is 313 g/mol. The Kier molecular flexibility index (Phi) is 5.73. The first-order valence-corrected chi connectivity index (χ1v) is 6.67. The van der Waals surface area contributed by atoms with E-state index in [0.29, 0.717) is 0 Å². The van der Waals surface area contributed by atoms with Crippen molar-refractivity contribution in [2.45, 2.75) is 38.8 Å². The van der Waals surface area contributed by atoms with Crippen molar-refractivity contribution in [2.75, 3.05) is 7.11 Å². The van der Waals surface area contributed by atoms with E-state index in [4.69, 9.17) is 4.74 Å². The highest BCUT2D eigenvalue weighted by atomic mass is 19.1. The van der Waals surface area contributed by atoms with Gasteiger partial charge in [-0.2, -0.15) is 0 Å². The zero-order valence-electron chi connectivity index (χ0n) is 13.0. The number of carbonyl (C=O) groups excluding carboxylic acids is 2. The lowest BCUT2D eigenvalue weighted by atomic mass is 10.0. The fourth-order valence-electron chi connectivity index (χ4n) is 1.72. The molecule has 1 aromatic rings. The van der Waals surface area contributed by atoms with Gasteiger partial charge in [0.15, 0.2) is 0 Å². The standard InChI is InChI=1S/C15H20FNO5/c1-15(2,3)22-14(20)17-11(13(19)21-4)8-9-7-10(16)5-6-12(9)18/h5-7,11,18H,8H2,1-4H3,(H,17,20)/t11-/m0/s1. The van der Waals surface area contributed by atoms with Gasteiger partial charge in [-0.1, -0.05) is 0 Å². The molecule has 2 N–H and O–H groups in total. The van der Waals surface area contributed by atoms with Gasteiger partial charge in [0.25, 0.3) is 0 Å². The van der Waals surface area contributed by atoms with Gasteiger partial charge >= 0.3 is 12.1 Å². The SMILES string of the molecule is COC(=O)[C@H](Cc1cc(F)ccc1O)NC(=O)OC(C)(C)C. The molecule has 0 heterocycles. The van der Waals surface area contributed by atoms with Gasteiger partial charge in [-0.3, -0.25) is 0 Å². The zero-order chi connectivity index (χ0) is 16.9. The average Bonchev–Trinajstić information content (AvgIpc) is 2.39. The third-order valence-electron chi connectivity index (χ3n) is 2.64. The third-order valence-corrected chi connectivity index (χ3v) is 2.64. The molecule has 1 atom stereocenters. The number of halogens is 1. The number of esters is 1. The highest BCUT2D eigenvalue weighted by Gasteiger charge is 2.26. The van der Waals surface area contributed by atoms with E-state index in [1.807, 2.05) is 0 Å². The molecule has 0 unspecified atom stereocenters. The first kappa shape index (κ1) is 17.7. The van der Waals surface area contributed by atoms with Gasteiger partial charge in [-0.25, -0.2) is 14.0 Å². The molecule has 1 rings (SSSR count). The third kappa shape index (κ3) is 5.59. The fourth-order valence-corrected chi connectivity index (χ4v) is 1.72. The molecule has 0 aliphatic rings. The molecule has 22 heavy (non-hydrogen) atoms. The Morgan fingerprint density at radius 1 is 1.36 bits per heavy atom. The van der Waals surface area contributed by atoms with Crippen molar-refractivity contribution in [1.29, 1.82) is 0 Å². The summed E-state index contributed by atoms with van der Waals surface area (Å²) in [5.41, 5.74) is -0.558. The molecular weight excluding hydrogens is 293 g/mol. The molecule has 1 amide bonds. The van der Waals surface area contributed by atoms with Crippen LogP contribution in [-0.4, -0.2) is 35.9 Å². The van der Waals surface area contributed by atoms with E-state index in [1.165, 1.54) is 6.07 Å². The van der Waals surface area contributed by atoms with Gasteiger partial charge in [0.2, 0.25) is 0 Å². The Hall–Kier alpha value is -2.31. The highest BCUT2D eigenvalue weighted by Crippen LogP contribution is 2.20. The summed E-state index contributed by atoms with van der Waals surface area (Å²) in [5, 5.41) is 12.0. The summed E-state index contributed by atoms with van der Waals surface area (Å²) >= 11 is 0. The van der Waals surface area contributed by atoms with Gasteiger partial charge in [0.1, 0.15) is 23.2 Å². The van der Waals surface area contributed by atoms with Crippen LogP contribution in [-0.2, 0) is 20.7 Å². The number of alkyl carbamates (subject to hydrolysis) is 1. The molecule has 1 aromatic carbocycles. The summed E-state index contributed by atoms with van der Waals surface area (Å²) < 4.78 is 22.9. The molecule has 0 aromatic heterocycles. The molecule has 0 saturated heterocycles. The molecular formula is C15H20FNO5. The molecule has 0 spiro atoms. The fraction of sp³-hybridized carbons (Fsp3) is 0.467. The number of ether oxygens (including phenoxy) is 2. The largest absolute Gasteiger partial charge is 0.508 e. The van der Waals surface area contributed by atoms with Crippen molar-refractivity contribution < 1.29 is 28.6 Å². The molecule has 0 saturated carbocycles. The number of hydrogen-bond acceptors (Lipinski definition) is 5. The number of phenolic OH excluding ortho intramolecular Hbond substituents is 1. The molecule has 7 heteroatoms. The molecule has 6 nitrogen and oxygen atoms in total. The predicted octanol–water partition coefficient (Wildman–Crippen LogP) is 2.14. The van der Waals surface area contributed by atoms with E-state index in [1.54, 1.807) is 20.8 Å². The number of carbonyl (C=O) groups is 2. The Labute approximate surface area is 128 Å². The number of methoxy groups -OCH3 is 1. The molecule has 0 radical (unpaired) electrons. The van der Waals surface area contributed by atoms with Crippen molar-refractivity contribution in [3.05, 3.63) is 29.6 Å². The number of rotatable bonds is 4. The second-order valence-corrected chi connectivity index (χ2v) is 5.70. The monoisotopic (exact) mass is 313 g/mol. The number of phenols is 1. The van der Waals surface area contributed by atoms with Crippen molar-refractivity contribution in [3.63, 3.8) is 0 Å². The summed E-state index contributed by atoms with van der Waals surface area (Å²) in [5.74, 6) is -1.47. The molecule has 0 aliphatic carbocycles. The maximum Gasteiger partial charge on any atom is 0.408 e. The second kappa shape index (κ2) is 7.11. The Balaban J connectivity index is 2.87. The van der Waals surface area contributed by atoms with Crippen LogP contribution in [0, 0.1) is 5.82 Å². The minimum atomic E-state index is -1.10. The van der Waals surface area contributed by atoms with Gasteiger partial charge in [0.05, 0.1) is 7.11 Å². The minimum absolute atomic E-state index is 0.129. The number of aromatic hydroxyl groups is 1. The summed E-state index contributed by atoms with van der Waals surface area (Å²) in [6.45, 7) is 5.04. The Bertz CT molecular complexity index is 553. The smallest absolute Gasteiger partial charge is 0.408 e. The first-order valence-electron chi connectivity index (χ1n) is 6.67. The van der Waals surface area contributed by atoms with E-state index < -0.39 is 29.5 Å². The van der Waals surface area contributed by atoms with E-state index in [9.17, 15) is 19.1 Å². The van der Waals surface area contributed by atoms with Crippen molar-refractivity contribution in [1.82, 2.24) is 5.32 Å². The number of amides is 1. The van der Waals surface area contributed by atoms with E-state index in [2.05, 4.69) is 10.1 Å². The Morgan fingerprint density at radius 2 is 2.00 bits per heavy atom. The summed E-state index contributed by atoms with van der Waals surface area (Å²) in [6, 6.07) is 2.24. The lowest BCUT2D eigenvalue weighted by molar-refractivity contribution is -0.143. The summed E-state index contributed by atoms with van der Waals surface area (Å²) in [4.78, 5) is 23.5. The van der Waals surface area contributed by atoms with Crippen LogP contribution >= 0.6 is 0 Å². The maximum absolute atomic E-state index is 13.2. The second-order valence-electron chi connectivity index (χ2n) is 5.70. The maximum atomic E-state index is 13.2. The van der Waals surface area contributed by atoms with E-state index in [-0.39, 0.29) is 17.7 Å². The molecule has 0 aliphatic heterocycles. The topological polar surface area (TPSA) is 84.9 Å². The van der Waals surface area contributed by atoms with Crippen LogP contribution in [0.2, 0.25) is 0 Å². The number of hydrogen-bond donors (Lipinski definition) is 2. The lowest BCUT2D eigenvalue weighted by Gasteiger charge is -2.22.